The first-order valence-corrected chi connectivity index (χ1v) is 8.42. The molecule has 3 nitrogen and oxygen atoms in total. The molecule has 0 N–H and O–H groups in total. The third-order valence-electron chi connectivity index (χ3n) is 4.87. The predicted molar refractivity (Wildman–Crippen MR) is 85.8 cm³/mol. The maximum Gasteiger partial charge on any atom is 0.0216 e. The Morgan fingerprint density at radius 2 is 1.75 bits per heavy atom. The Morgan fingerprint density at radius 1 is 0.950 bits per heavy atom. The van der Waals surface area contributed by atoms with Crippen molar-refractivity contribution in [3.05, 3.63) is 0 Å². The van der Waals surface area contributed by atoms with Crippen LogP contribution in [-0.4, -0.2) is 73.1 Å². The summed E-state index contributed by atoms with van der Waals surface area (Å²) < 4.78 is 0. The topological polar surface area (TPSA) is 9.72 Å². The number of nitrogens with zero attached hydrogens (tertiary/aromatic N) is 3. The first kappa shape index (κ1) is 15.8. The highest BCUT2D eigenvalue weighted by Gasteiger charge is 2.25. The molecule has 0 aromatic heterocycles. The molecule has 0 aromatic rings. The summed E-state index contributed by atoms with van der Waals surface area (Å²) in [5.41, 5.74) is 0. The largest absolute Gasteiger partial charge is 0.303 e. The van der Waals surface area contributed by atoms with Gasteiger partial charge in [-0.2, -0.15) is 0 Å². The van der Waals surface area contributed by atoms with Crippen LogP contribution in [0.3, 0.4) is 0 Å². The standard InChI is InChI=1S/C17H31N3/c1-3-5-6-10-19-11-7-12-20(16-15-19)17-8-13-18(4-2)14-9-17/h17H,4,6-16H2,1-2H3. The lowest BCUT2D eigenvalue weighted by atomic mass is 10.0. The molecule has 0 amide bonds. The van der Waals surface area contributed by atoms with Gasteiger partial charge in [-0.05, 0) is 58.9 Å². The van der Waals surface area contributed by atoms with Crippen molar-refractivity contribution in [2.24, 2.45) is 0 Å². The van der Waals surface area contributed by atoms with Gasteiger partial charge in [-0.15, -0.1) is 11.8 Å². The first-order valence-electron chi connectivity index (χ1n) is 8.42. The van der Waals surface area contributed by atoms with Gasteiger partial charge in [-0.1, -0.05) is 6.92 Å². The zero-order chi connectivity index (χ0) is 14.2. The van der Waals surface area contributed by atoms with Gasteiger partial charge in [0.15, 0.2) is 0 Å². The average molecular weight is 277 g/mol. The van der Waals surface area contributed by atoms with Crippen molar-refractivity contribution in [3.8, 4) is 11.8 Å². The zero-order valence-electron chi connectivity index (χ0n) is 13.4. The summed E-state index contributed by atoms with van der Waals surface area (Å²) in [7, 11) is 0. The molecular weight excluding hydrogens is 246 g/mol. The summed E-state index contributed by atoms with van der Waals surface area (Å²) in [6.07, 6.45) is 5.10. The number of piperidine rings is 1. The van der Waals surface area contributed by atoms with Gasteiger partial charge in [0.2, 0.25) is 0 Å². The molecule has 0 aromatic carbocycles. The maximum absolute atomic E-state index is 3.19. The van der Waals surface area contributed by atoms with E-state index in [-0.39, 0.29) is 0 Å². The van der Waals surface area contributed by atoms with Crippen molar-refractivity contribution >= 4 is 0 Å². The Morgan fingerprint density at radius 3 is 2.45 bits per heavy atom. The van der Waals surface area contributed by atoms with E-state index >= 15 is 0 Å². The number of rotatable bonds is 4. The van der Waals surface area contributed by atoms with E-state index in [2.05, 4.69) is 33.5 Å². The van der Waals surface area contributed by atoms with Crippen molar-refractivity contribution in [3.63, 3.8) is 0 Å². The smallest absolute Gasteiger partial charge is 0.0216 e. The highest BCUT2D eigenvalue weighted by atomic mass is 15.2. The lowest BCUT2D eigenvalue weighted by molar-refractivity contribution is 0.113. The van der Waals surface area contributed by atoms with Crippen LogP contribution in [-0.2, 0) is 0 Å². The van der Waals surface area contributed by atoms with Gasteiger partial charge in [0.1, 0.15) is 0 Å². The summed E-state index contributed by atoms with van der Waals surface area (Å²) in [4.78, 5) is 7.95. The average Bonchev–Trinajstić information content (AvgIpc) is 2.73. The highest BCUT2D eigenvalue weighted by molar-refractivity contribution is 4.95. The quantitative estimate of drug-likeness (QED) is 0.727. The zero-order valence-corrected chi connectivity index (χ0v) is 13.4. The lowest BCUT2D eigenvalue weighted by Crippen LogP contribution is -2.46. The fourth-order valence-corrected chi connectivity index (χ4v) is 3.52. The summed E-state index contributed by atoms with van der Waals surface area (Å²) in [5, 5.41) is 0. The third-order valence-corrected chi connectivity index (χ3v) is 4.87. The van der Waals surface area contributed by atoms with Gasteiger partial charge >= 0.3 is 0 Å². The van der Waals surface area contributed by atoms with Crippen LogP contribution in [0.4, 0.5) is 0 Å². The molecule has 2 saturated heterocycles. The summed E-state index contributed by atoms with van der Waals surface area (Å²) in [6, 6.07) is 0.841. The van der Waals surface area contributed by atoms with Crippen molar-refractivity contribution < 1.29 is 0 Å². The van der Waals surface area contributed by atoms with Crippen molar-refractivity contribution in [2.45, 2.75) is 45.6 Å². The van der Waals surface area contributed by atoms with Crippen LogP contribution < -0.4 is 0 Å². The molecule has 20 heavy (non-hydrogen) atoms. The molecule has 0 radical (unpaired) electrons. The van der Waals surface area contributed by atoms with E-state index < -0.39 is 0 Å². The molecule has 3 heteroatoms. The molecule has 114 valence electrons. The van der Waals surface area contributed by atoms with Crippen molar-refractivity contribution in [1.29, 1.82) is 0 Å². The van der Waals surface area contributed by atoms with Crippen LogP contribution >= 0.6 is 0 Å². The summed E-state index contributed by atoms with van der Waals surface area (Å²) in [5.74, 6) is 6.19. The molecule has 0 saturated carbocycles. The summed E-state index contributed by atoms with van der Waals surface area (Å²) in [6.45, 7) is 14.2. The van der Waals surface area contributed by atoms with Crippen LogP contribution in [0.5, 0.6) is 0 Å². The van der Waals surface area contributed by atoms with Crippen LogP contribution in [0.1, 0.15) is 39.5 Å². The molecular formula is C17H31N3. The monoisotopic (exact) mass is 277 g/mol. The second-order valence-corrected chi connectivity index (χ2v) is 6.07. The normalized spacial score (nSPS) is 24.1. The molecule has 2 aliphatic heterocycles. The summed E-state index contributed by atoms with van der Waals surface area (Å²) >= 11 is 0. The lowest BCUT2D eigenvalue weighted by Gasteiger charge is -2.37. The predicted octanol–water partition coefficient (Wildman–Crippen LogP) is 1.89. The van der Waals surface area contributed by atoms with Crippen LogP contribution in [0.15, 0.2) is 0 Å². The molecule has 0 aliphatic carbocycles. The van der Waals surface area contributed by atoms with E-state index in [9.17, 15) is 0 Å². The Hall–Kier alpha value is -0.560. The third kappa shape index (κ3) is 4.77. The minimum atomic E-state index is 0.841. The van der Waals surface area contributed by atoms with Gasteiger partial charge in [-0.3, -0.25) is 4.90 Å². The van der Waals surface area contributed by atoms with Crippen LogP contribution in [0, 0.1) is 11.8 Å². The molecule has 2 fully saturated rings. The molecule has 0 unspecified atom stereocenters. The van der Waals surface area contributed by atoms with Crippen molar-refractivity contribution in [1.82, 2.24) is 14.7 Å². The molecule has 0 atom stereocenters. The Labute approximate surface area is 125 Å². The Kier molecular flexibility index (Phi) is 6.86. The van der Waals surface area contributed by atoms with Gasteiger partial charge in [0, 0.05) is 32.1 Å². The van der Waals surface area contributed by atoms with E-state index in [1.165, 1.54) is 65.1 Å². The van der Waals surface area contributed by atoms with E-state index in [1.54, 1.807) is 0 Å². The number of likely N-dealkylation sites (tertiary alicyclic amines) is 1. The fourth-order valence-electron chi connectivity index (χ4n) is 3.52. The number of hydrogen-bond acceptors (Lipinski definition) is 3. The number of hydrogen-bond donors (Lipinski definition) is 0. The van der Waals surface area contributed by atoms with Gasteiger partial charge in [0.05, 0.1) is 0 Å². The Bertz CT molecular complexity index is 323. The molecule has 0 spiro atoms. The SMILES string of the molecule is CC#CCCN1CCCN(C2CCN(CC)CC2)CC1. The Balaban J connectivity index is 1.73. The molecule has 0 bridgehead atoms. The fraction of sp³-hybridized carbons (Fsp3) is 0.882. The second kappa shape index (κ2) is 8.67. The van der Waals surface area contributed by atoms with E-state index in [4.69, 9.17) is 0 Å². The van der Waals surface area contributed by atoms with Crippen LogP contribution in [0.2, 0.25) is 0 Å². The highest BCUT2D eigenvalue weighted by Crippen LogP contribution is 2.18. The molecule has 2 aliphatic rings. The van der Waals surface area contributed by atoms with E-state index in [0.29, 0.717) is 0 Å². The minimum absolute atomic E-state index is 0.841. The van der Waals surface area contributed by atoms with E-state index in [0.717, 1.165) is 19.0 Å². The van der Waals surface area contributed by atoms with Crippen LogP contribution in [0.25, 0.3) is 0 Å². The second-order valence-electron chi connectivity index (χ2n) is 6.07. The maximum atomic E-state index is 3.19. The minimum Gasteiger partial charge on any atom is -0.303 e. The molecule has 2 rings (SSSR count). The van der Waals surface area contributed by atoms with E-state index in [1.807, 2.05) is 6.92 Å². The molecule has 2 heterocycles. The first-order chi connectivity index (χ1) is 9.83. The van der Waals surface area contributed by atoms with Gasteiger partial charge < -0.3 is 9.80 Å². The van der Waals surface area contributed by atoms with Gasteiger partial charge in [0.25, 0.3) is 0 Å². The van der Waals surface area contributed by atoms with Crippen molar-refractivity contribution in [2.75, 3.05) is 52.4 Å². The van der Waals surface area contributed by atoms with Gasteiger partial charge in [-0.25, -0.2) is 0 Å².